The quantitative estimate of drug-likeness (QED) is 0.499. The van der Waals surface area contributed by atoms with Gasteiger partial charge in [0.05, 0.1) is 5.16 Å². The van der Waals surface area contributed by atoms with E-state index in [2.05, 4.69) is 53.0 Å². The van der Waals surface area contributed by atoms with E-state index in [4.69, 9.17) is 16.3 Å². The Bertz CT molecular complexity index is 626. The summed E-state index contributed by atoms with van der Waals surface area (Å²) in [4.78, 5) is 5.20. The number of hydrogen-bond donors (Lipinski definition) is 2. The van der Waals surface area contributed by atoms with Crippen molar-refractivity contribution in [2.24, 2.45) is 10.9 Å². The molecule has 0 unspecified atom stereocenters. The lowest BCUT2D eigenvalue weighted by Crippen LogP contribution is -2.18. The molecule has 7 heteroatoms. The molecule has 5 N–H and O–H groups in total. The third-order valence-electron chi connectivity index (χ3n) is 3.00. The number of amidine groups is 1. The standard InChI is InChI=1S/C14H19N5O2/c1-14(2,3)10-6-4-9(5-7-10)8-20-18-12(15)11-13(16)19-21-17-11/h4-7H,8H2,1-3H3,(H2,15,18)(H2,16,19)/p+1. The van der Waals surface area contributed by atoms with E-state index in [1.54, 1.807) is 0 Å². The summed E-state index contributed by atoms with van der Waals surface area (Å²) in [5, 5.41) is 9.71. The van der Waals surface area contributed by atoms with Gasteiger partial charge in [-0.3, -0.25) is 0 Å². The first-order chi connectivity index (χ1) is 9.88. The monoisotopic (exact) mass is 290 g/mol. The predicted molar refractivity (Wildman–Crippen MR) is 78.1 cm³/mol. The van der Waals surface area contributed by atoms with Crippen molar-refractivity contribution >= 4 is 11.7 Å². The third kappa shape index (κ3) is 3.71. The van der Waals surface area contributed by atoms with Crippen LogP contribution in [0.15, 0.2) is 34.1 Å². The highest BCUT2D eigenvalue weighted by Gasteiger charge is 2.18. The molecule has 0 aliphatic heterocycles. The van der Waals surface area contributed by atoms with Crippen molar-refractivity contribution in [1.29, 1.82) is 0 Å². The molecule has 0 aliphatic carbocycles. The number of nitrogens with two attached hydrogens (primary N) is 2. The predicted octanol–water partition coefficient (Wildman–Crippen LogP) is 1.21. The average Bonchev–Trinajstić information content (AvgIpc) is 2.84. The maximum atomic E-state index is 5.69. The van der Waals surface area contributed by atoms with Gasteiger partial charge in [0.15, 0.2) is 0 Å². The SMILES string of the molecule is CC(C)(C)c1ccc(CON=C(N)c2no[nH+]c2N)cc1. The number of nitrogens with zero attached hydrogens (tertiary/aromatic N) is 2. The molecule has 1 heterocycles. The minimum absolute atomic E-state index is 0.0591. The fraction of sp³-hybridized carbons (Fsp3) is 0.357. The molecule has 0 saturated carbocycles. The van der Waals surface area contributed by atoms with Gasteiger partial charge in [0.25, 0.3) is 0 Å². The fourth-order valence-electron chi connectivity index (χ4n) is 1.72. The smallest absolute Gasteiger partial charge is 0.303 e. The van der Waals surface area contributed by atoms with Crippen LogP contribution >= 0.6 is 0 Å². The maximum absolute atomic E-state index is 5.69. The molecular weight excluding hydrogens is 270 g/mol. The van der Waals surface area contributed by atoms with Crippen molar-refractivity contribution in [2.45, 2.75) is 32.8 Å². The van der Waals surface area contributed by atoms with E-state index in [1.807, 2.05) is 12.1 Å². The Morgan fingerprint density at radius 2 is 2.00 bits per heavy atom. The molecule has 2 rings (SSSR count). The highest BCUT2D eigenvalue weighted by Crippen LogP contribution is 2.22. The lowest BCUT2D eigenvalue weighted by Gasteiger charge is -2.18. The Morgan fingerprint density at radius 1 is 1.33 bits per heavy atom. The van der Waals surface area contributed by atoms with Gasteiger partial charge >= 0.3 is 11.5 Å². The Hall–Kier alpha value is -2.57. The van der Waals surface area contributed by atoms with E-state index in [0.717, 1.165) is 5.56 Å². The van der Waals surface area contributed by atoms with Crippen LogP contribution in [0.3, 0.4) is 0 Å². The summed E-state index contributed by atoms with van der Waals surface area (Å²) in [6, 6.07) is 8.17. The van der Waals surface area contributed by atoms with Gasteiger partial charge < -0.3 is 16.3 Å². The number of aromatic nitrogens is 2. The van der Waals surface area contributed by atoms with Gasteiger partial charge in [-0.15, -0.1) is 4.63 Å². The molecule has 0 aliphatic rings. The van der Waals surface area contributed by atoms with Crippen LogP contribution in [0.2, 0.25) is 0 Å². The van der Waals surface area contributed by atoms with Gasteiger partial charge in [-0.2, -0.15) is 0 Å². The minimum atomic E-state index is 0.0591. The Morgan fingerprint density at radius 3 is 2.52 bits per heavy atom. The lowest BCUT2D eigenvalue weighted by atomic mass is 9.87. The first-order valence-electron chi connectivity index (χ1n) is 6.56. The van der Waals surface area contributed by atoms with Crippen molar-refractivity contribution in [3.05, 3.63) is 41.1 Å². The van der Waals surface area contributed by atoms with Crippen molar-refractivity contribution in [3.63, 3.8) is 0 Å². The minimum Gasteiger partial charge on any atom is -0.389 e. The molecule has 1 aromatic heterocycles. The lowest BCUT2D eigenvalue weighted by molar-refractivity contribution is -0.610. The molecule has 0 atom stereocenters. The van der Waals surface area contributed by atoms with Crippen molar-refractivity contribution in [2.75, 3.05) is 5.73 Å². The van der Waals surface area contributed by atoms with Crippen molar-refractivity contribution in [1.82, 2.24) is 5.16 Å². The molecule has 21 heavy (non-hydrogen) atoms. The largest absolute Gasteiger partial charge is 0.389 e. The van der Waals surface area contributed by atoms with E-state index >= 15 is 0 Å². The van der Waals surface area contributed by atoms with Gasteiger partial charge in [-0.25, -0.2) is 0 Å². The van der Waals surface area contributed by atoms with Gasteiger partial charge in [0, 0.05) is 0 Å². The van der Waals surface area contributed by atoms with E-state index in [0.29, 0.717) is 6.61 Å². The number of benzene rings is 1. The van der Waals surface area contributed by atoms with E-state index in [-0.39, 0.29) is 22.8 Å². The topological polar surface area (TPSA) is 114 Å². The molecule has 2 aromatic rings. The summed E-state index contributed by atoms with van der Waals surface area (Å²) in [5.41, 5.74) is 13.9. The van der Waals surface area contributed by atoms with E-state index in [9.17, 15) is 0 Å². The fourth-order valence-corrected chi connectivity index (χ4v) is 1.72. The van der Waals surface area contributed by atoms with Crippen LogP contribution in [-0.4, -0.2) is 11.0 Å². The van der Waals surface area contributed by atoms with Gasteiger partial charge in [0.1, 0.15) is 6.61 Å². The Kier molecular flexibility index (Phi) is 4.11. The molecule has 0 saturated heterocycles. The number of rotatable bonds is 4. The molecule has 0 bridgehead atoms. The summed E-state index contributed by atoms with van der Waals surface area (Å²) in [7, 11) is 0. The second-order valence-electron chi connectivity index (χ2n) is 5.74. The number of hydrogen-bond acceptors (Lipinski definition) is 5. The second-order valence-corrected chi connectivity index (χ2v) is 5.74. The Balaban J connectivity index is 1.96. The van der Waals surface area contributed by atoms with E-state index in [1.165, 1.54) is 5.56 Å². The molecule has 0 spiro atoms. The van der Waals surface area contributed by atoms with Crippen LogP contribution < -0.4 is 16.6 Å². The van der Waals surface area contributed by atoms with Gasteiger partial charge in [-0.1, -0.05) is 55.3 Å². The number of aromatic amines is 1. The molecular formula is C14H20N5O2+. The van der Waals surface area contributed by atoms with E-state index < -0.39 is 0 Å². The normalized spacial score (nSPS) is 12.4. The first-order valence-corrected chi connectivity index (χ1v) is 6.56. The first kappa shape index (κ1) is 14.8. The molecule has 7 nitrogen and oxygen atoms in total. The highest BCUT2D eigenvalue weighted by molar-refractivity contribution is 5.98. The zero-order chi connectivity index (χ0) is 15.5. The summed E-state index contributed by atoms with van der Waals surface area (Å²) >= 11 is 0. The number of oxime groups is 1. The number of nitrogen functional groups attached to an aromatic ring is 1. The third-order valence-corrected chi connectivity index (χ3v) is 3.00. The van der Waals surface area contributed by atoms with Crippen LogP contribution in [0.5, 0.6) is 0 Å². The van der Waals surface area contributed by atoms with Gasteiger partial charge in [-0.05, 0) is 16.5 Å². The van der Waals surface area contributed by atoms with Crippen LogP contribution in [0.1, 0.15) is 37.6 Å². The molecule has 112 valence electrons. The molecule has 0 radical (unpaired) electrons. The van der Waals surface area contributed by atoms with Crippen molar-refractivity contribution in [3.8, 4) is 0 Å². The summed E-state index contributed by atoms with van der Waals surface area (Å²) in [5.74, 6) is 0.262. The summed E-state index contributed by atoms with van der Waals surface area (Å²) in [6.07, 6.45) is 0. The zero-order valence-electron chi connectivity index (χ0n) is 12.4. The van der Waals surface area contributed by atoms with Crippen LogP contribution in [0.25, 0.3) is 0 Å². The van der Waals surface area contributed by atoms with Crippen molar-refractivity contribution < 1.29 is 14.6 Å². The summed E-state index contributed by atoms with van der Waals surface area (Å²) < 4.78 is 4.56. The van der Waals surface area contributed by atoms with Gasteiger partial charge in [0.2, 0.25) is 5.84 Å². The van der Waals surface area contributed by atoms with Crippen LogP contribution in [0.4, 0.5) is 5.82 Å². The summed E-state index contributed by atoms with van der Waals surface area (Å²) in [6.45, 7) is 6.82. The second kappa shape index (κ2) is 5.82. The maximum Gasteiger partial charge on any atom is 0.303 e. The number of nitrogens with one attached hydrogen (secondary N) is 1. The number of H-pyrrole nitrogens is 1. The Labute approximate surface area is 122 Å². The zero-order valence-corrected chi connectivity index (χ0v) is 12.4. The molecule has 0 amide bonds. The number of anilines is 1. The molecule has 1 aromatic carbocycles. The van der Waals surface area contributed by atoms with Crippen LogP contribution in [0, 0.1) is 0 Å². The molecule has 0 fully saturated rings. The van der Waals surface area contributed by atoms with Crippen LogP contribution in [-0.2, 0) is 16.9 Å². The highest BCUT2D eigenvalue weighted by atomic mass is 16.6. The average molecular weight is 290 g/mol.